The lowest BCUT2D eigenvalue weighted by atomic mass is 10.0. The zero-order valence-electron chi connectivity index (χ0n) is 17.6. The highest BCUT2D eigenvalue weighted by molar-refractivity contribution is 5.95. The Hall–Kier alpha value is -2.73. The van der Waals surface area contributed by atoms with Crippen molar-refractivity contribution in [3.05, 3.63) is 47.7 Å². The first-order valence-electron chi connectivity index (χ1n) is 10.1. The molecule has 1 saturated heterocycles. The molecule has 1 aliphatic rings. The first-order valence-corrected chi connectivity index (χ1v) is 10.1. The molecular formula is C23H29N3O3. The number of nitrogens with one attached hydrogen (secondary N) is 1. The van der Waals surface area contributed by atoms with E-state index in [1.165, 1.54) is 0 Å². The topological polar surface area (TPSA) is 71.5 Å². The summed E-state index contributed by atoms with van der Waals surface area (Å²) in [7, 11) is 1.82. The number of pyridine rings is 1. The number of anilines is 1. The predicted molar refractivity (Wildman–Crippen MR) is 114 cm³/mol. The van der Waals surface area contributed by atoms with Crippen LogP contribution in [0.5, 0.6) is 0 Å². The van der Waals surface area contributed by atoms with E-state index in [-0.39, 0.29) is 23.8 Å². The number of likely N-dealkylation sites (N-methyl/N-ethyl adjacent to an activating group) is 1. The van der Waals surface area contributed by atoms with Gasteiger partial charge in [-0.05, 0) is 49.6 Å². The van der Waals surface area contributed by atoms with Crippen molar-refractivity contribution in [1.29, 1.82) is 0 Å². The van der Waals surface area contributed by atoms with E-state index in [1.807, 2.05) is 58.2 Å². The SMILES string of the molecule is Cc1nc(NC(=O)C(C)C)ccc1-c1cccc(C(=O)N(C)CC2CCCO2)c1. The molecule has 2 amide bonds. The summed E-state index contributed by atoms with van der Waals surface area (Å²) in [6, 6.07) is 11.3. The van der Waals surface area contributed by atoms with Crippen LogP contribution in [0.2, 0.25) is 0 Å². The quantitative estimate of drug-likeness (QED) is 0.805. The van der Waals surface area contributed by atoms with Crippen LogP contribution >= 0.6 is 0 Å². The Morgan fingerprint density at radius 2 is 2.07 bits per heavy atom. The maximum atomic E-state index is 12.8. The van der Waals surface area contributed by atoms with Gasteiger partial charge in [-0.2, -0.15) is 0 Å². The van der Waals surface area contributed by atoms with E-state index in [9.17, 15) is 9.59 Å². The van der Waals surface area contributed by atoms with Crippen LogP contribution in [0.4, 0.5) is 5.82 Å². The predicted octanol–water partition coefficient (Wildman–Crippen LogP) is 3.90. The highest BCUT2D eigenvalue weighted by Gasteiger charge is 2.21. The Balaban J connectivity index is 1.76. The van der Waals surface area contributed by atoms with Crippen LogP contribution < -0.4 is 5.32 Å². The molecule has 3 rings (SSSR count). The van der Waals surface area contributed by atoms with Crippen LogP contribution in [0.25, 0.3) is 11.1 Å². The van der Waals surface area contributed by atoms with Gasteiger partial charge in [0.15, 0.2) is 0 Å². The number of ether oxygens (including phenoxy) is 1. The van der Waals surface area contributed by atoms with Crippen LogP contribution in [0.15, 0.2) is 36.4 Å². The van der Waals surface area contributed by atoms with Crippen LogP contribution in [0, 0.1) is 12.8 Å². The van der Waals surface area contributed by atoms with Crippen molar-refractivity contribution < 1.29 is 14.3 Å². The average Bonchev–Trinajstić information content (AvgIpc) is 3.20. The van der Waals surface area contributed by atoms with Crippen molar-refractivity contribution >= 4 is 17.6 Å². The van der Waals surface area contributed by atoms with Crippen LogP contribution in [-0.4, -0.2) is 48.0 Å². The molecule has 0 aliphatic carbocycles. The van der Waals surface area contributed by atoms with E-state index in [2.05, 4.69) is 10.3 Å². The second kappa shape index (κ2) is 9.18. The number of carbonyl (C=O) groups is 2. The Morgan fingerprint density at radius 3 is 2.72 bits per heavy atom. The lowest BCUT2D eigenvalue weighted by Crippen LogP contribution is -2.34. The number of hydrogen-bond acceptors (Lipinski definition) is 4. The van der Waals surface area contributed by atoms with Crippen molar-refractivity contribution in [2.24, 2.45) is 5.92 Å². The van der Waals surface area contributed by atoms with E-state index >= 15 is 0 Å². The molecule has 154 valence electrons. The minimum absolute atomic E-state index is 0.0196. The fourth-order valence-corrected chi connectivity index (χ4v) is 3.42. The lowest BCUT2D eigenvalue weighted by Gasteiger charge is -2.21. The van der Waals surface area contributed by atoms with E-state index in [0.717, 1.165) is 36.3 Å². The number of nitrogens with zero attached hydrogens (tertiary/aromatic N) is 2. The van der Waals surface area contributed by atoms with Crippen LogP contribution in [0.3, 0.4) is 0 Å². The van der Waals surface area contributed by atoms with E-state index in [1.54, 1.807) is 11.0 Å². The van der Waals surface area contributed by atoms with Crippen molar-refractivity contribution in [3.63, 3.8) is 0 Å². The van der Waals surface area contributed by atoms with Gasteiger partial charge in [-0.15, -0.1) is 0 Å². The molecular weight excluding hydrogens is 366 g/mol. The second-order valence-corrected chi connectivity index (χ2v) is 7.87. The third kappa shape index (κ3) is 5.21. The Morgan fingerprint density at radius 1 is 1.28 bits per heavy atom. The number of aromatic nitrogens is 1. The molecule has 6 nitrogen and oxygen atoms in total. The monoisotopic (exact) mass is 395 g/mol. The van der Waals surface area contributed by atoms with Gasteiger partial charge in [0.2, 0.25) is 5.91 Å². The third-order valence-corrected chi connectivity index (χ3v) is 5.13. The molecule has 1 aromatic carbocycles. The molecule has 1 aromatic heterocycles. The number of carbonyl (C=O) groups excluding carboxylic acids is 2. The smallest absolute Gasteiger partial charge is 0.253 e. The maximum absolute atomic E-state index is 12.8. The molecule has 1 fully saturated rings. The number of rotatable bonds is 6. The van der Waals surface area contributed by atoms with Crippen molar-refractivity contribution in [1.82, 2.24) is 9.88 Å². The summed E-state index contributed by atoms with van der Waals surface area (Å²) in [5.74, 6) is 0.347. The molecule has 6 heteroatoms. The molecule has 2 heterocycles. The van der Waals surface area contributed by atoms with Crippen LogP contribution in [0.1, 0.15) is 42.7 Å². The molecule has 0 bridgehead atoms. The fraction of sp³-hybridized carbons (Fsp3) is 0.435. The highest BCUT2D eigenvalue weighted by Crippen LogP contribution is 2.25. The fourth-order valence-electron chi connectivity index (χ4n) is 3.42. The number of hydrogen-bond donors (Lipinski definition) is 1. The summed E-state index contributed by atoms with van der Waals surface area (Å²) in [6.07, 6.45) is 2.19. The van der Waals surface area contributed by atoms with Crippen molar-refractivity contribution in [2.45, 2.75) is 39.7 Å². The minimum atomic E-state index is -0.105. The van der Waals surface area contributed by atoms with Gasteiger partial charge in [0, 0.05) is 42.9 Å². The van der Waals surface area contributed by atoms with Gasteiger partial charge >= 0.3 is 0 Å². The first-order chi connectivity index (χ1) is 13.8. The van der Waals surface area contributed by atoms with Gasteiger partial charge in [0.05, 0.1) is 6.10 Å². The largest absolute Gasteiger partial charge is 0.376 e. The maximum Gasteiger partial charge on any atom is 0.253 e. The minimum Gasteiger partial charge on any atom is -0.376 e. The molecule has 1 unspecified atom stereocenters. The zero-order chi connectivity index (χ0) is 21.0. The van der Waals surface area contributed by atoms with Gasteiger partial charge in [-0.3, -0.25) is 9.59 Å². The van der Waals surface area contributed by atoms with Gasteiger partial charge in [-0.25, -0.2) is 4.98 Å². The summed E-state index contributed by atoms with van der Waals surface area (Å²) < 4.78 is 5.64. The summed E-state index contributed by atoms with van der Waals surface area (Å²) >= 11 is 0. The molecule has 1 aliphatic heterocycles. The Bertz CT molecular complexity index is 889. The molecule has 1 atom stereocenters. The standard InChI is InChI=1S/C23H29N3O3/c1-15(2)22(27)25-21-11-10-20(16(3)24-21)17-7-5-8-18(13-17)23(28)26(4)14-19-9-6-12-29-19/h5,7-8,10-11,13,15,19H,6,9,12,14H2,1-4H3,(H,24,25,27). The summed E-state index contributed by atoms with van der Waals surface area (Å²) in [5, 5.41) is 2.82. The molecule has 0 saturated carbocycles. The normalized spacial score (nSPS) is 16.1. The second-order valence-electron chi connectivity index (χ2n) is 7.87. The third-order valence-electron chi connectivity index (χ3n) is 5.13. The molecule has 1 N–H and O–H groups in total. The van der Waals surface area contributed by atoms with Gasteiger partial charge < -0.3 is 15.0 Å². The summed E-state index contributed by atoms with van der Waals surface area (Å²) in [6.45, 7) is 6.97. The Labute approximate surface area is 172 Å². The molecule has 2 aromatic rings. The van der Waals surface area contributed by atoms with E-state index < -0.39 is 0 Å². The number of benzene rings is 1. The summed E-state index contributed by atoms with van der Waals surface area (Å²) in [4.78, 5) is 31.0. The number of amides is 2. The molecule has 0 spiro atoms. The van der Waals surface area contributed by atoms with Gasteiger partial charge in [-0.1, -0.05) is 26.0 Å². The highest BCUT2D eigenvalue weighted by atomic mass is 16.5. The molecule has 0 radical (unpaired) electrons. The van der Waals surface area contributed by atoms with Gasteiger partial charge in [0.25, 0.3) is 5.91 Å². The number of aryl methyl sites for hydroxylation is 1. The molecule has 29 heavy (non-hydrogen) atoms. The van der Waals surface area contributed by atoms with Crippen LogP contribution in [-0.2, 0) is 9.53 Å². The van der Waals surface area contributed by atoms with Crippen molar-refractivity contribution in [3.8, 4) is 11.1 Å². The average molecular weight is 396 g/mol. The zero-order valence-corrected chi connectivity index (χ0v) is 17.6. The van der Waals surface area contributed by atoms with Crippen molar-refractivity contribution in [2.75, 3.05) is 25.5 Å². The van der Waals surface area contributed by atoms with E-state index in [0.29, 0.717) is 17.9 Å². The summed E-state index contributed by atoms with van der Waals surface area (Å²) in [5.41, 5.74) is 3.29. The van der Waals surface area contributed by atoms with Gasteiger partial charge in [0.1, 0.15) is 5.82 Å². The lowest BCUT2D eigenvalue weighted by molar-refractivity contribution is -0.118. The Kier molecular flexibility index (Phi) is 6.64. The van der Waals surface area contributed by atoms with E-state index in [4.69, 9.17) is 4.74 Å². The first kappa shape index (κ1) is 21.0.